The average molecular weight is 268 g/mol. The fraction of sp³-hybridized carbons (Fsp3) is 0.500. The summed E-state index contributed by atoms with van der Waals surface area (Å²) in [7, 11) is 0. The monoisotopic (exact) mass is 268 g/mol. The summed E-state index contributed by atoms with van der Waals surface area (Å²) in [6, 6.07) is 2.93. The van der Waals surface area contributed by atoms with Crippen molar-refractivity contribution in [2.24, 2.45) is 5.73 Å². The lowest BCUT2D eigenvalue weighted by atomic mass is 10.3. The molecule has 5 N–H and O–H groups in total. The largest absolute Gasteiger partial charge is 0.394 e. The van der Waals surface area contributed by atoms with Crippen LogP contribution in [0.2, 0.25) is 0 Å². The maximum atomic E-state index is 11.3. The van der Waals surface area contributed by atoms with Gasteiger partial charge in [0.05, 0.1) is 37.7 Å². The van der Waals surface area contributed by atoms with Gasteiger partial charge in [0.2, 0.25) is 5.91 Å². The minimum atomic E-state index is -0.566. The summed E-state index contributed by atoms with van der Waals surface area (Å²) in [5.41, 5.74) is 6.26. The van der Waals surface area contributed by atoms with E-state index in [1.165, 1.54) is 0 Å². The first-order valence-corrected chi connectivity index (χ1v) is 6.08. The van der Waals surface area contributed by atoms with Crippen molar-refractivity contribution < 1.29 is 14.6 Å². The predicted molar refractivity (Wildman–Crippen MR) is 72.9 cm³/mol. The molecule has 0 saturated heterocycles. The number of carbonyl (C=O) groups excluding carboxylic acids is 1. The first kappa shape index (κ1) is 15.4. The van der Waals surface area contributed by atoms with Crippen LogP contribution in [0.4, 0.5) is 11.5 Å². The lowest BCUT2D eigenvalue weighted by Gasteiger charge is -2.09. The van der Waals surface area contributed by atoms with Gasteiger partial charge in [0.15, 0.2) is 0 Å². The Labute approximate surface area is 112 Å². The molecule has 7 nitrogen and oxygen atoms in total. The molecule has 1 rings (SSSR count). The van der Waals surface area contributed by atoms with Crippen LogP contribution in [0, 0.1) is 0 Å². The molecule has 19 heavy (non-hydrogen) atoms. The number of nitrogens with one attached hydrogen (secondary N) is 2. The molecule has 1 aromatic rings. The number of anilines is 2. The molecule has 0 aliphatic carbocycles. The van der Waals surface area contributed by atoms with E-state index >= 15 is 0 Å². The summed E-state index contributed by atoms with van der Waals surface area (Å²) in [5.74, 6) is 0.190. The molecule has 0 saturated carbocycles. The number of ether oxygens (including phenoxy) is 1. The van der Waals surface area contributed by atoms with Crippen LogP contribution in [0.15, 0.2) is 18.3 Å². The molecule has 1 aromatic heterocycles. The molecule has 7 heteroatoms. The second-order valence-electron chi connectivity index (χ2n) is 3.97. The van der Waals surface area contributed by atoms with Crippen molar-refractivity contribution >= 4 is 17.4 Å². The Kier molecular flexibility index (Phi) is 6.80. The normalized spacial score (nSPS) is 11.9. The predicted octanol–water partition coefficient (Wildman–Crippen LogP) is -0.212. The molecular formula is C12H20N4O3. The number of nitrogens with zero attached hydrogens (tertiary/aromatic N) is 1. The number of hydrogen-bond acceptors (Lipinski definition) is 6. The van der Waals surface area contributed by atoms with E-state index in [1.54, 1.807) is 25.3 Å². The molecule has 1 amide bonds. The van der Waals surface area contributed by atoms with Gasteiger partial charge < -0.3 is 26.2 Å². The van der Waals surface area contributed by atoms with Crippen molar-refractivity contribution in [1.29, 1.82) is 0 Å². The molecule has 0 fully saturated rings. The van der Waals surface area contributed by atoms with E-state index in [-0.39, 0.29) is 12.5 Å². The topological polar surface area (TPSA) is 110 Å². The number of pyridine rings is 1. The van der Waals surface area contributed by atoms with Crippen molar-refractivity contribution in [3.8, 4) is 0 Å². The number of amides is 1. The number of aliphatic hydroxyl groups is 1. The molecule has 0 spiro atoms. The minimum Gasteiger partial charge on any atom is -0.394 e. The molecular weight excluding hydrogens is 248 g/mol. The highest BCUT2D eigenvalue weighted by atomic mass is 16.5. The zero-order valence-electron chi connectivity index (χ0n) is 10.9. The summed E-state index contributed by atoms with van der Waals surface area (Å²) in [6.07, 6.45) is 1.61. The van der Waals surface area contributed by atoms with Crippen LogP contribution in [-0.2, 0) is 9.53 Å². The second-order valence-corrected chi connectivity index (χ2v) is 3.97. The Hall–Kier alpha value is -1.70. The number of carbonyl (C=O) groups is 1. The van der Waals surface area contributed by atoms with Crippen LogP contribution in [0.3, 0.4) is 0 Å². The fourth-order valence-corrected chi connectivity index (χ4v) is 1.25. The van der Waals surface area contributed by atoms with Gasteiger partial charge in [-0.2, -0.15) is 0 Å². The number of hydrogen-bond donors (Lipinski definition) is 4. The quantitative estimate of drug-likeness (QED) is 0.486. The van der Waals surface area contributed by atoms with Crippen molar-refractivity contribution in [2.75, 3.05) is 37.0 Å². The van der Waals surface area contributed by atoms with Gasteiger partial charge >= 0.3 is 0 Å². The third-order valence-electron chi connectivity index (χ3n) is 2.24. The average Bonchev–Trinajstić information content (AvgIpc) is 2.40. The van der Waals surface area contributed by atoms with E-state index in [0.717, 1.165) is 5.69 Å². The van der Waals surface area contributed by atoms with Crippen molar-refractivity contribution in [1.82, 2.24) is 4.98 Å². The van der Waals surface area contributed by atoms with E-state index in [9.17, 15) is 4.79 Å². The highest BCUT2D eigenvalue weighted by Gasteiger charge is 2.07. The van der Waals surface area contributed by atoms with Gasteiger partial charge in [-0.15, -0.1) is 0 Å². The summed E-state index contributed by atoms with van der Waals surface area (Å²) in [4.78, 5) is 15.4. The molecule has 0 aliphatic rings. The lowest BCUT2D eigenvalue weighted by Crippen LogP contribution is -2.32. The third-order valence-corrected chi connectivity index (χ3v) is 2.24. The smallest absolute Gasteiger partial charge is 0.242 e. The first-order valence-electron chi connectivity index (χ1n) is 6.08. The SMILES string of the molecule is CC(N)C(=O)Nc1ccc(NCCOCCO)cn1. The van der Waals surface area contributed by atoms with Crippen LogP contribution >= 0.6 is 0 Å². The summed E-state index contributed by atoms with van der Waals surface area (Å²) in [6.45, 7) is 3.09. The Bertz CT molecular complexity index is 381. The maximum absolute atomic E-state index is 11.3. The van der Waals surface area contributed by atoms with Crippen LogP contribution in [0.25, 0.3) is 0 Å². The Morgan fingerprint density at radius 3 is 2.89 bits per heavy atom. The van der Waals surface area contributed by atoms with E-state index in [1.807, 2.05) is 0 Å². The molecule has 1 unspecified atom stereocenters. The Morgan fingerprint density at radius 1 is 1.53 bits per heavy atom. The van der Waals surface area contributed by atoms with Gasteiger partial charge in [0, 0.05) is 6.54 Å². The van der Waals surface area contributed by atoms with Crippen LogP contribution in [0.5, 0.6) is 0 Å². The minimum absolute atomic E-state index is 0.0233. The maximum Gasteiger partial charge on any atom is 0.242 e. The molecule has 106 valence electrons. The van der Waals surface area contributed by atoms with Crippen LogP contribution in [0.1, 0.15) is 6.92 Å². The number of aliphatic hydroxyl groups excluding tert-OH is 1. The molecule has 0 radical (unpaired) electrons. The summed E-state index contributed by atoms with van der Waals surface area (Å²) in [5, 5.41) is 14.2. The van der Waals surface area contributed by atoms with E-state index in [0.29, 0.717) is 25.6 Å². The van der Waals surface area contributed by atoms with Crippen LogP contribution in [-0.4, -0.2) is 48.4 Å². The third kappa shape index (κ3) is 6.14. The van der Waals surface area contributed by atoms with Gasteiger partial charge in [-0.05, 0) is 19.1 Å². The molecule has 0 aromatic carbocycles. The molecule has 1 atom stereocenters. The Balaban J connectivity index is 2.33. The molecule has 1 heterocycles. The molecule has 0 aliphatic heterocycles. The zero-order chi connectivity index (χ0) is 14.1. The number of aromatic nitrogens is 1. The fourth-order valence-electron chi connectivity index (χ4n) is 1.25. The van der Waals surface area contributed by atoms with Crippen LogP contribution < -0.4 is 16.4 Å². The van der Waals surface area contributed by atoms with Gasteiger partial charge in [-0.1, -0.05) is 0 Å². The van der Waals surface area contributed by atoms with Gasteiger partial charge in [0.1, 0.15) is 5.82 Å². The molecule has 0 bridgehead atoms. The van der Waals surface area contributed by atoms with Crippen molar-refractivity contribution in [3.63, 3.8) is 0 Å². The van der Waals surface area contributed by atoms with Crippen molar-refractivity contribution in [3.05, 3.63) is 18.3 Å². The highest BCUT2D eigenvalue weighted by molar-refractivity contribution is 5.93. The van der Waals surface area contributed by atoms with Gasteiger partial charge in [0.25, 0.3) is 0 Å². The summed E-state index contributed by atoms with van der Waals surface area (Å²) < 4.78 is 5.10. The van der Waals surface area contributed by atoms with Gasteiger partial charge in [-0.25, -0.2) is 4.98 Å². The number of rotatable bonds is 8. The van der Waals surface area contributed by atoms with E-state index < -0.39 is 6.04 Å². The standard InChI is InChI=1S/C12H20N4O3/c1-9(13)12(18)16-11-3-2-10(8-15-11)14-4-6-19-7-5-17/h2-3,8-9,14,17H,4-7,13H2,1H3,(H,15,16,18). The first-order chi connectivity index (χ1) is 9.13. The Morgan fingerprint density at radius 2 is 2.32 bits per heavy atom. The number of nitrogens with two attached hydrogens (primary N) is 1. The summed E-state index contributed by atoms with van der Waals surface area (Å²) >= 11 is 0. The lowest BCUT2D eigenvalue weighted by molar-refractivity contribution is -0.117. The second kappa shape index (κ2) is 8.41. The van der Waals surface area contributed by atoms with Crippen molar-refractivity contribution in [2.45, 2.75) is 13.0 Å². The highest BCUT2D eigenvalue weighted by Crippen LogP contribution is 2.09. The van der Waals surface area contributed by atoms with E-state index in [2.05, 4.69) is 15.6 Å². The van der Waals surface area contributed by atoms with E-state index in [4.69, 9.17) is 15.6 Å². The zero-order valence-corrected chi connectivity index (χ0v) is 10.9. The van der Waals surface area contributed by atoms with Gasteiger partial charge in [-0.3, -0.25) is 4.79 Å².